The number of carbonyl (C=O) groups excluding carboxylic acids is 1. The highest BCUT2D eigenvalue weighted by molar-refractivity contribution is 5.94. The number of ether oxygens (including phenoxy) is 2. The summed E-state index contributed by atoms with van der Waals surface area (Å²) in [7, 11) is 3.00. The number of piperazine rings is 1. The fraction of sp³-hybridized carbons (Fsp3) is 0.350. The standard InChI is InChI=1S/C20H23FN2O4/c1-26-17-11-14(12-18(27-2)19(17)24)13-22-7-9-23(10-8-22)20(25)15-3-5-16(21)6-4-15/h3-6,11-12,24H,7-10,13H2,1-2H3. The number of amides is 1. The SMILES string of the molecule is COc1cc(CN2CCN(C(=O)c3ccc(F)cc3)CC2)cc(OC)c1O. The number of phenolic OH excluding ortho intramolecular Hbond substituents is 1. The van der Waals surface area contributed by atoms with Gasteiger partial charge in [0.15, 0.2) is 11.5 Å². The Kier molecular flexibility index (Phi) is 5.81. The van der Waals surface area contributed by atoms with Crippen molar-refractivity contribution in [1.82, 2.24) is 9.80 Å². The molecule has 0 saturated carbocycles. The van der Waals surface area contributed by atoms with E-state index < -0.39 is 0 Å². The van der Waals surface area contributed by atoms with Gasteiger partial charge < -0.3 is 19.5 Å². The van der Waals surface area contributed by atoms with Crippen molar-refractivity contribution in [3.8, 4) is 17.2 Å². The normalized spacial score (nSPS) is 14.9. The summed E-state index contributed by atoms with van der Waals surface area (Å²) in [5, 5.41) is 10.0. The minimum atomic E-state index is -0.351. The number of benzene rings is 2. The van der Waals surface area contributed by atoms with Crippen molar-refractivity contribution in [2.24, 2.45) is 0 Å². The molecular weight excluding hydrogens is 351 g/mol. The molecule has 2 aromatic carbocycles. The summed E-state index contributed by atoms with van der Waals surface area (Å²) in [5.74, 6) is 0.293. The Morgan fingerprint density at radius 2 is 1.59 bits per heavy atom. The lowest BCUT2D eigenvalue weighted by Gasteiger charge is -2.35. The summed E-state index contributed by atoms with van der Waals surface area (Å²) in [6, 6.07) is 9.20. The Labute approximate surface area is 157 Å². The molecule has 7 heteroatoms. The van der Waals surface area contributed by atoms with Crippen LogP contribution in [0.4, 0.5) is 4.39 Å². The minimum absolute atomic E-state index is 0.0153. The number of phenols is 1. The van der Waals surface area contributed by atoms with Crippen LogP contribution in [0.5, 0.6) is 17.2 Å². The van der Waals surface area contributed by atoms with Gasteiger partial charge in [-0.1, -0.05) is 0 Å². The van der Waals surface area contributed by atoms with E-state index in [1.165, 1.54) is 38.5 Å². The van der Waals surface area contributed by atoms with Crippen LogP contribution < -0.4 is 9.47 Å². The largest absolute Gasteiger partial charge is 0.502 e. The lowest BCUT2D eigenvalue weighted by atomic mass is 10.1. The van der Waals surface area contributed by atoms with E-state index in [0.717, 1.165) is 18.7 Å². The Morgan fingerprint density at radius 1 is 1.04 bits per heavy atom. The monoisotopic (exact) mass is 374 g/mol. The van der Waals surface area contributed by atoms with Crippen molar-refractivity contribution in [2.75, 3.05) is 40.4 Å². The van der Waals surface area contributed by atoms with Crippen molar-refractivity contribution >= 4 is 5.91 Å². The van der Waals surface area contributed by atoms with Gasteiger partial charge in [-0.15, -0.1) is 0 Å². The molecule has 0 aliphatic carbocycles. The Balaban J connectivity index is 1.61. The van der Waals surface area contributed by atoms with Crippen molar-refractivity contribution in [3.63, 3.8) is 0 Å². The maximum absolute atomic E-state index is 13.0. The molecule has 1 heterocycles. The molecule has 144 valence electrons. The zero-order valence-electron chi connectivity index (χ0n) is 15.4. The van der Waals surface area contributed by atoms with E-state index in [0.29, 0.717) is 36.7 Å². The highest BCUT2D eigenvalue weighted by Crippen LogP contribution is 2.37. The van der Waals surface area contributed by atoms with Gasteiger partial charge in [-0.2, -0.15) is 0 Å². The summed E-state index contributed by atoms with van der Waals surface area (Å²) >= 11 is 0. The Hall–Kier alpha value is -2.80. The van der Waals surface area contributed by atoms with Crippen LogP contribution in [0.2, 0.25) is 0 Å². The van der Waals surface area contributed by atoms with Crippen LogP contribution in [-0.4, -0.2) is 61.2 Å². The smallest absolute Gasteiger partial charge is 0.253 e. The molecule has 1 amide bonds. The molecule has 0 radical (unpaired) electrons. The van der Waals surface area contributed by atoms with Crippen LogP contribution in [0.1, 0.15) is 15.9 Å². The second kappa shape index (κ2) is 8.26. The summed E-state index contributed by atoms with van der Waals surface area (Å²) in [6.45, 7) is 3.30. The predicted molar refractivity (Wildman–Crippen MR) is 98.8 cm³/mol. The molecule has 0 atom stereocenters. The summed E-state index contributed by atoms with van der Waals surface area (Å²) in [6.07, 6.45) is 0. The molecule has 27 heavy (non-hydrogen) atoms. The maximum atomic E-state index is 13.0. The van der Waals surface area contributed by atoms with Crippen LogP contribution >= 0.6 is 0 Å². The number of methoxy groups -OCH3 is 2. The second-order valence-corrected chi connectivity index (χ2v) is 6.42. The van der Waals surface area contributed by atoms with Gasteiger partial charge in [0, 0.05) is 38.3 Å². The molecule has 6 nitrogen and oxygen atoms in total. The molecule has 1 aliphatic heterocycles. The average molecular weight is 374 g/mol. The topological polar surface area (TPSA) is 62.2 Å². The summed E-state index contributed by atoms with van der Waals surface area (Å²) < 4.78 is 23.4. The first kappa shape index (κ1) is 19.0. The number of carbonyl (C=O) groups is 1. The van der Waals surface area contributed by atoms with Gasteiger partial charge in [0.2, 0.25) is 5.75 Å². The van der Waals surface area contributed by atoms with E-state index in [1.807, 2.05) is 0 Å². The summed E-state index contributed by atoms with van der Waals surface area (Å²) in [5.41, 5.74) is 1.46. The third kappa shape index (κ3) is 4.31. The quantitative estimate of drug-likeness (QED) is 0.871. The summed E-state index contributed by atoms with van der Waals surface area (Å²) in [4.78, 5) is 16.5. The number of halogens is 1. The molecule has 1 fully saturated rings. The lowest BCUT2D eigenvalue weighted by molar-refractivity contribution is 0.0628. The van der Waals surface area contributed by atoms with Crippen molar-refractivity contribution in [3.05, 3.63) is 53.3 Å². The number of aromatic hydroxyl groups is 1. The van der Waals surface area contributed by atoms with Crippen LogP contribution in [0, 0.1) is 5.82 Å². The van der Waals surface area contributed by atoms with E-state index in [-0.39, 0.29) is 17.5 Å². The van der Waals surface area contributed by atoms with Crippen LogP contribution in [0.3, 0.4) is 0 Å². The first-order valence-corrected chi connectivity index (χ1v) is 8.73. The van der Waals surface area contributed by atoms with Gasteiger partial charge in [-0.05, 0) is 42.0 Å². The van der Waals surface area contributed by atoms with Crippen molar-refractivity contribution < 1.29 is 23.8 Å². The molecule has 0 unspecified atom stereocenters. The zero-order chi connectivity index (χ0) is 19.4. The minimum Gasteiger partial charge on any atom is -0.502 e. The Morgan fingerprint density at radius 3 is 2.11 bits per heavy atom. The maximum Gasteiger partial charge on any atom is 0.253 e. The van der Waals surface area contributed by atoms with Gasteiger partial charge in [-0.3, -0.25) is 9.69 Å². The molecule has 2 aromatic rings. The first-order valence-electron chi connectivity index (χ1n) is 8.73. The highest BCUT2D eigenvalue weighted by Gasteiger charge is 2.23. The van der Waals surface area contributed by atoms with Gasteiger partial charge in [0.1, 0.15) is 5.82 Å². The van der Waals surface area contributed by atoms with Crippen LogP contribution in [0.25, 0.3) is 0 Å². The molecule has 1 aliphatic rings. The zero-order valence-corrected chi connectivity index (χ0v) is 15.4. The van der Waals surface area contributed by atoms with E-state index in [2.05, 4.69) is 4.90 Å². The van der Waals surface area contributed by atoms with E-state index in [4.69, 9.17) is 9.47 Å². The number of rotatable bonds is 5. The van der Waals surface area contributed by atoms with Gasteiger partial charge in [-0.25, -0.2) is 4.39 Å². The number of hydrogen-bond donors (Lipinski definition) is 1. The second-order valence-electron chi connectivity index (χ2n) is 6.42. The molecule has 0 spiro atoms. The van der Waals surface area contributed by atoms with Gasteiger partial charge in [0.25, 0.3) is 5.91 Å². The van der Waals surface area contributed by atoms with Crippen molar-refractivity contribution in [2.45, 2.75) is 6.54 Å². The Bertz CT molecular complexity index is 777. The lowest BCUT2D eigenvalue weighted by Crippen LogP contribution is -2.48. The van der Waals surface area contributed by atoms with Gasteiger partial charge in [0.05, 0.1) is 14.2 Å². The highest BCUT2D eigenvalue weighted by atomic mass is 19.1. The van der Waals surface area contributed by atoms with Crippen molar-refractivity contribution in [1.29, 1.82) is 0 Å². The number of hydrogen-bond acceptors (Lipinski definition) is 5. The molecular formula is C20H23FN2O4. The van der Waals surface area contributed by atoms with E-state index >= 15 is 0 Å². The fourth-order valence-corrected chi connectivity index (χ4v) is 3.18. The third-order valence-electron chi connectivity index (χ3n) is 4.70. The molecule has 1 N–H and O–H groups in total. The fourth-order valence-electron chi connectivity index (χ4n) is 3.18. The predicted octanol–water partition coefficient (Wildman–Crippen LogP) is 2.51. The third-order valence-corrected chi connectivity index (χ3v) is 4.70. The van der Waals surface area contributed by atoms with E-state index in [9.17, 15) is 14.3 Å². The van der Waals surface area contributed by atoms with Crippen LogP contribution in [0.15, 0.2) is 36.4 Å². The molecule has 0 aromatic heterocycles. The number of nitrogens with zero attached hydrogens (tertiary/aromatic N) is 2. The molecule has 1 saturated heterocycles. The molecule has 0 bridgehead atoms. The van der Waals surface area contributed by atoms with Gasteiger partial charge >= 0.3 is 0 Å². The van der Waals surface area contributed by atoms with E-state index in [1.54, 1.807) is 17.0 Å². The average Bonchev–Trinajstić information content (AvgIpc) is 2.69. The first-order chi connectivity index (χ1) is 13.0. The molecule has 3 rings (SSSR count). The van der Waals surface area contributed by atoms with Crippen LogP contribution in [-0.2, 0) is 6.54 Å².